The average molecular weight is 493 g/mol. The van der Waals surface area contributed by atoms with Crippen LogP contribution < -0.4 is 4.74 Å². The second-order valence-corrected chi connectivity index (χ2v) is 9.63. The molecule has 0 bridgehead atoms. The summed E-state index contributed by atoms with van der Waals surface area (Å²) in [6.45, 7) is 4.08. The summed E-state index contributed by atoms with van der Waals surface area (Å²) in [5, 5.41) is 0.767. The summed E-state index contributed by atoms with van der Waals surface area (Å²) < 4.78 is 10.4. The number of hydrogen-bond donors (Lipinski definition) is 0. The zero-order valence-corrected chi connectivity index (χ0v) is 21.2. The molecule has 1 amide bonds. The smallest absolute Gasteiger partial charge is 0.344 e. The lowest BCUT2D eigenvalue weighted by Gasteiger charge is -2.30. The number of amides is 1. The number of aliphatic imine (C=N–C) groups is 1. The second kappa shape index (κ2) is 12.1. The maximum Gasteiger partial charge on any atom is 0.344 e. The Morgan fingerprint density at radius 1 is 1.09 bits per heavy atom. The zero-order chi connectivity index (χ0) is 24.6. The lowest BCUT2D eigenvalue weighted by molar-refractivity contribution is -0.145. The Labute approximate surface area is 211 Å². The predicted molar refractivity (Wildman–Crippen MR) is 141 cm³/mol. The minimum atomic E-state index is -0.397. The van der Waals surface area contributed by atoms with E-state index in [1.165, 1.54) is 23.7 Å². The van der Waals surface area contributed by atoms with Gasteiger partial charge < -0.3 is 9.47 Å². The van der Waals surface area contributed by atoms with E-state index >= 15 is 0 Å². The van der Waals surface area contributed by atoms with Crippen LogP contribution in [0.3, 0.4) is 0 Å². The molecule has 1 saturated carbocycles. The largest absolute Gasteiger partial charge is 0.482 e. The van der Waals surface area contributed by atoms with Gasteiger partial charge in [-0.2, -0.15) is 0 Å². The van der Waals surface area contributed by atoms with Crippen molar-refractivity contribution in [2.45, 2.75) is 58.4 Å². The molecule has 4 rings (SSSR count). The summed E-state index contributed by atoms with van der Waals surface area (Å²) in [4.78, 5) is 32.6. The Morgan fingerprint density at radius 2 is 1.83 bits per heavy atom. The van der Waals surface area contributed by atoms with Gasteiger partial charge in [-0.1, -0.05) is 56.5 Å². The Balaban J connectivity index is 1.57. The van der Waals surface area contributed by atoms with Crippen LogP contribution in [-0.2, 0) is 20.7 Å². The summed E-state index contributed by atoms with van der Waals surface area (Å²) in [6, 6.07) is 15.7. The fourth-order valence-electron chi connectivity index (χ4n) is 4.40. The number of rotatable bonds is 8. The quantitative estimate of drug-likeness (QED) is 0.328. The van der Waals surface area contributed by atoms with Crippen molar-refractivity contribution in [3.05, 3.63) is 64.6 Å². The Hall–Kier alpha value is -3.06. The molecule has 1 aliphatic carbocycles. The van der Waals surface area contributed by atoms with Crippen molar-refractivity contribution < 1.29 is 19.1 Å². The van der Waals surface area contributed by atoms with Gasteiger partial charge >= 0.3 is 5.97 Å². The van der Waals surface area contributed by atoms with Gasteiger partial charge in [-0.25, -0.2) is 9.79 Å². The molecule has 0 radical (unpaired) electrons. The van der Waals surface area contributed by atoms with Crippen LogP contribution in [0.2, 0.25) is 0 Å². The first-order valence-corrected chi connectivity index (χ1v) is 13.2. The first kappa shape index (κ1) is 25.0. The van der Waals surface area contributed by atoms with Crippen LogP contribution in [-0.4, -0.2) is 41.2 Å². The molecule has 2 aliphatic rings. The number of amidine groups is 1. The van der Waals surface area contributed by atoms with Gasteiger partial charge in [0.25, 0.3) is 5.91 Å². The molecule has 7 heteroatoms. The normalized spacial score (nSPS) is 18.9. The highest BCUT2D eigenvalue weighted by atomic mass is 32.2. The van der Waals surface area contributed by atoms with Gasteiger partial charge in [0.2, 0.25) is 0 Å². The fraction of sp³-hybridized carbons (Fsp3) is 0.393. The first-order chi connectivity index (χ1) is 17.1. The Bertz CT molecular complexity index is 1100. The fourth-order valence-corrected chi connectivity index (χ4v) is 5.46. The van der Waals surface area contributed by atoms with Gasteiger partial charge in [0.15, 0.2) is 11.8 Å². The molecule has 0 N–H and O–H groups in total. The molecule has 1 aliphatic heterocycles. The van der Waals surface area contributed by atoms with E-state index in [0.29, 0.717) is 17.3 Å². The van der Waals surface area contributed by atoms with E-state index in [-0.39, 0.29) is 18.6 Å². The van der Waals surface area contributed by atoms with Crippen molar-refractivity contribution in [2.24, 2.45) is 4.99 Å². The van der Waals surface area contributed by atoms with Gasteiger partial charge in [-0.05, 0) is 73.4 Å². The number of para-hydroxylation sites is 1. The highest BCUT2D eigenvalue weighted by molar-refractivity contribution is 8.18. The minimum absolute atomic E-state index is 0.0252. The van der Waals surface area contributed by atoms with Crippen LogP contribution in [0.4, 0.5) is 5.69 Å². The Morgan fingerprint density at radius 3 is 2.54 bits per heavy atom. The number of esters is 1. The van der Waals surface area contributed by atoms with Crippen LogP contribution >= 0.6 is 11.8 Å². The van der Waals surface area contributed by atoms with E-state index in [1.54, 1.807) is 19.1 Å². The van der Waals surface area contributed by atoms with Crippen molar-refractivity contribution >= 4 is 40.6 Å². The summed E-state index contributed by atoms with van der Waals surface area (Å²) >= 11 is 1.45. The summed E-state index contributed by atoms with van der Waals surface area (Å²) in [5.74, 6) is 0.205. The van der Waals surface area contributed by atoms with Gasteiger partial charge in [0, 0.05) is 6.04 Å². The van der Waals surface area contributed by atoms with E-state index in [4.69, 9.17) is 14.5 Å². The summed E-state index contributed by atoms with van der Waals surface area (Å²) in [5.41, 5.74) is 2.99. The molecule has 0 atom stereocenters. The van der Waals surface area contributed by atoms with Gasteiger partial charge in [0.05, 0.1) is 17.2 Å². The molecule has 2 aromatic rings. The average Bonchev–Trinajstić information content (AvgIpc) is 3.18. The lowest BCUT2D eigenvalue weighted by Crippen LogP contribution is -2.40. The monoisotopic (exact) mass is 492 g/mol. The molecule has 1 saturated heterocycles. The molecule has 184 valence electrons. The van der Waals surface area contributed by atoms with E-state index in [1.807, 2.05) is 41.3 Å². The van der Waals surface area contributed by atoms with Crippen LogP contribution in [0.15, 0.2) is 58.4 Å². The second-order valence-electron chi connectivity index (χ2n) is 8.62. The van der Waals surface area contributed by atoms with Crippen molar-refractivity contribution in [1.29, 1.82) is 0 Å². The number of ether oxygens (including phenoxy) is 2. The molecule has 1 heterocycles. The van der Waals surface area contributed by atoms with Crippen molar-refractivity contribution in [1.82, 2.24) is 4.90 Å². The summed E-state index contributed by atoms with van der Waals surface area (Å²) in [7, 11) is 0. The number of benzene rings is 2. The highest BCUT2D eigenvalue weighted by Gasteiger charge is 2.38. The van der Waals surface area contributed by atoms with Crippen LogP contribution in [0, 0.1) is 0 Å². The number of thioether (sulfide) groups is 1. The molecule has 0 aromatic heterocycles. The Kier molecular flexibility index (Phi) is 8.64. The van der Waals surface area contributed by atoms with Gasteiger partial charge in [-0.3, -0.25) is 9.69 Å². The van der Waals surface area contributed by atoms with Crippen molar-refractivity contribution in [2.75, 3.05) is 13.2 Å². The standard InChI is InChI=1S/C28H32N2O4S/c1-3-21-10-8-9-13-24(21)29-28-30(22-11-6-5-7-12-22)27(32)25(35-28)18-20-14-16-23(17-15-20)34-19-26(31)33-4-2/h8-10,13-18,22H,3-7,11-12,19H2,1-2H3/b25-18+,29-28?. The molecule has 35 heavy (non-hydrogen) atoms. The third kappa shape index (κ3) is 6.34. The third-order valence-electron chi connectivity index (χ3n) is 6.21. The molecular formula is C28H32N2O4S. The molecule has 6 nitrogen and oxygen atoms in total. The van der Waals surface area contributed by atoms with Gasteiger partial charge in [0.1, 0.15) is 5.75 Å². The predicted octanol–water partition coefficient (Wildman–Crippen LogP) is 6.13. The topological polar surface area (TPSA) is 68.2 Å². The molecule has 2 aromatic carbocycles. The van der Waals surface area contributed by atoms with Crippen LogP contribution in [0.1, 0.15) is 57.1 Å². The molecule has 0 unspecified atom stereocenters. The maximum absolute atomic E-state index is 13.6. The minimum Gasteiger partial charge on any atom is -0.482 e. The van der Waals surface area contributed by atoms with Crippen molar-refractivity contribution in [3.8, 4) is 5.75 Å². The molecular weight excluding hydrogens is 460 g/mol. The summed E-state index contributed by atoms with van der Waals surface area (Å²) in [6.07, 6.45) is 8.34. The van der Waals surface area contributed by atoms with Gasteiger partial charge in [-0.15, -0.1) is 0 Å². The van der Waals surface area contributed by atoms with Crippen LogP contribution in [0.25, 0.3) is 6.08 Å². The van der Waals surface area contributed by atoms with E-state index in [9.17, 15) is 9.59 Å². The number of aryl methyl sites for hydroxylation is 1. The van der Waals surface area contributed by atoms with E-state index < -0.39 is 5.97 Å². The number of carbonyl (C=O) groups is 2. The van der Waals surface area contributed by atoms with E-state index in [0.717, 1.165) is 48.5 Å². The van der Waals surface area contributed by atoms with Crippen LogP contribution in [0.5, 0.6) is 5.75 Å². The SMILES string of the molecule is CCOC(=O)COc1ccc(/C=C2/SC(=Nc3ccccc3CC)N(C3CCCCC3)C2=O)cc1. The number of carbonyl (C=O) groups excluding carboxylic acids is 2. The number of nitrogens with zero attached hydrogens (tertiary/aromatic N) is 2. The lowest BCUT2D eigenvalue weighted by atomic mass is 9.94. The highest BCUT2D eigenvalue weighted by Crippen LogP contribution is 2.39. The third-order valence-corrected chi connectivity index (χ3v) is 7.19. The maximum atomic E-state index is 13.6. The van der Waals surface area contributed by atoms with Crippen molar-refractivity contribution in [3.63, 3.8) is 0 Å². The molecule has 2 fully saturated rings. The zero-order valence-electron chi connectivity index (χ0n) is 20.4. The number of hydrogen-bond acceptors (Lipinski definition) is 6. The molecule has 0 spiro atoms. The first-order valence-electron chi connectivity index (χ1n) is 12.4. The van der Waals surface area contributed by atoms with E-state index in [2.05, 4.69) is 13.0 Å².